The number of aromatic nitrogens is 2. The molecular formula is C21H27N3O4. The first-order chi connectivity index (χ1) is 13.5. The summed E-state index contributed by atoms with van der Waals surface area (Å²) >= 11 is 0. The Bertz CT molecular complexity index is 818. The maximum Gasteiger partial charge on any atom is 0.363 e. The molecular weight excluding hydrogens is 358 g/mol. The average Bonchev–Trinajstić information content (AvgIpc) is 3.15. The lowest BCUT2D eigenvalue weighted by atomic mass is 9.86. The fourth-order valence-electron chi connectivity index (χ4n) is 3.46. The van der Waals surface area contributed by atoms with Gasteiger partial charge in [-0.25, -0.2) is 9.48 Å². The Hall–Kier alpha value is -2.83. The number of amides is 1. The fraction of sp³-hybridized carbons (Fsp3) is 0.476. The summed E-state index contributed by atoms with van der Waals surface area (Å²) in [6.45, 7) is 3.71. The van der Waals surface area contributed by atoms with E-state index < -0.39 is 12.1 Å². The predicted molar refractivity (Wildman–Crippen MR) is 105 cm³/mol. The van der Waals surface area contributed by atoms with E-state index >= 15 is 0 Å². The maximum absolute atomic E-state index is 12.6. The molecule has 0 bridgehead atoms. The van der Waals surface area contributed by atoms with Gasteiger partial charge in [-0.15, -0.1) is 0 Å². The Kier molecular flexibility index (Phi) is 6.34. The summed E-state index contributed by atoms with van der Waals surface area (Å²) in [4.78, 5) is 25.0. The van der Waals surface area contributed by atoms with Crippen LogP contribution in [0.4, 0.5) is 0 Å². The van der Waals surface area contributed by atoms with Crippen molar-refractivity contribution in [3.05, 3.63) is 42.2 Å². The lowest BCUT2D eigenvalue weighted by molar-refractivity contribution is -0.130. The Morgan fingerprint density at radius 2 is 1.93 bits per heavy atom. The SMILES string of the molecule is COc1cn(-c2ccccc2)nc1C(=O)O[C@H](C)C(=O)N[C@H]1CCCC[C@H]1C. The van der Waals surface area contributed by atoms with Gasteiger partial charge in [0.1, 0.15) is 0 Å². The Balaban J connectivity index is 1.66. The Morgan fingerprint density at radius 3 is 2.61 bits per heavy atom. The summed E-state index contributed by atoms with van der Waals surface area (Å²) in [7, 11) is 1.46. The molecule has 1 N–H and O–H groups in total. The molecule has 3 atom stereocenters. The van der Waals surface area contributed by atoms with Crippen LogP contribution in [0.2, 0.25) is 0 Å². The largest absolute Gasteiger partial charge is 0.493 e. The summed E-state index contributed by atoms with van der Waals surface area (Å²) in [5.41, 5.74) is 0.828. The quantitative estimate of drug-likeness (QED) is 0.773. The van der Waals surface area contributed by atoms with Gasteiger partial charge in [0.05, 0.1) is 19.0 Å². The first kappa shape index (κ1) is 19.9. The minimum Gasteiger partial charge on any atom is -0.493 e. The van der Waals surface area contributed by atoms with Gasteiger partial charge in [0.15, 0.2) is 11.9 Å². The van der Waals surface area contributed by atoms with Crippen LogP contribution in [0.15, 0.2) is 36.5 Å². The van der Waals surface area contributed by atoms with Crippen molar-refractivity contribution in [3.63, 3.8) is 0 Å². The molecule has 7 nitrogen and oxygen atoms in total. The first-order valence-corrected chi connectivity index (χ1v) is 9.70. The van der Waals surface area contributed by atoms with Crippen LogP contribution in [-0.4, -0.2) is 40.9 Å². The standard InChI is InChI=1S/C21H27N3O4/c1-14-9-7-8-12-17(14)22-20(25)15(2)28-21(26)19-18(27-3)13-24(23-19)16-10-5-4-6-11-16/h4-6,10-11,13-15,17H,7-9,12H2,1-3H3,(H,22,25)/t14-,15-,17+/m1/s1. The molecule has 150 valence electrons. The van der Waals surface area contributed by atoms with Crippen LogP contribution >= 0.6 is 0 Å². The van der Waals surface area contributed by atoms with Crippen molar-refractivity contribution in [2.24, 2.45) is 5.92 Å². The lowest BCUT2D eigenvalue weighted by Gasteiger charge is -2.30. The molecule has 3 rings (SSSR count). The first-order valence-electron chi connectivity index (χ1n) is 9.70. The zero-order valence-electron chi connectivity index (χ0n) is 16.6. The molecule has 28 heavy (non-hydrogen) atoms. The Labute approximate surface area is 165 Å². The van der Waals surface area contributed by atoms with Gasteiger partial charge < -0.3 is 14.8 Å². The molecule has 1 aliphatic rings. The molecule has 1 saturated carbocycles. The second-order valence-electron chi connectivity index (χ2n) is 7.25. The molecule has 1 amide bonds. The number of para-hydroxylation sites is 1. The number of nitrogens with one attached hydrogen (secondary N) is 1. The van der Waals surface area contributed by atoms with Gasteiger partial charge in [0, 0.05) is 6.04 Å². The van der Waals surface area contributed by atoms with Crippen LogP contribution < -0.4 is 10.1 Å². The van der Waals surface area contributed by atoms with E-state index in [2.05, 4.69) is 17.3 Å². The van der Waals surface area contributed by atoms with Crippen LogP contribution in [0.1, 0.15) is 50.0 Å². The van der Waals surface area contributed by atoms with E-state index in [1.165, 1.54) is 13.5 Å². The van der Waals surface area contributed by atoms with Crippen molar-refractivity contribution in [1.82, 2.24) is 15.1 Å². The smallest absolute Gasteiger partial charge is 0.363 e. The number of rotatable bonds is 6. The van der Waals surface area contributed by atoms with Gasteiger partial charge in [0.2, 0.25) is 5.69 Å². The van der Waals surface area contributed by atoms with Crippen LogP contribution in [-0.2, 0) is 9.53 Å². The van der Waals surface area contributed by atoms with Gasteiger partial charge in [0.25, 0.3) is 5.91 Å². The van der Waals surface area contributed by atoms with Gasteiger partial charge >= 0.3 is 5.97 Å². The number of nitrogens with zero attached hydrogens (tertiary/aromatic N) is 2. The van der Waals surface area contributed by atoms with E-state index in [1.807, 2.05) is 30.3 Å². The number of esters is 1. The second-order valence-corrected chi connectivity index (χ2v) is 7.25. The van der Waals surface area contributed by atoms with Gasteiger partial charge in [-0.1, -0.05) is 38.0 Å². The van der Waals surface area contributed by atoms with Crippen molar-refractivity contribution in [2.75, 3.05) is 7.11 Å². The van der Waals surface area contributed by atoms with Gasteiger partial charge in [-0.05, 0) is 37.8 Å². The summed E-state index contributed by atoms with van der Waals surface area (Å²) in [5, 5.41) is 7.29. The monoisotopic (exact) mass is 385 g/mol. The molecule has 1 aromatic heterocycles. The van der Waals surface area contributed by atoms with E-state index in [9.17, 15) is 9.59 Å². The molecule has 2 aromatic rings. The number of methoxy groups -OCH3 is 1. The zero-order valence-corrected chi connectivity index (χ0v) is 16.6. The fourth-order valence-corrected chi connectivity index (χ4v) is 3.46. The van der Waals surface area contributed by atoms with E-state index in [0.29, 0.717) is 11.7 Å². The summed E-state index contributed by atoms with van der Waals surface area (Å²) in [6, 6.07) is 9.51. The number of ether oxygens (including phenoxy) is 2. The molecule has 1 aromatic carbocycles. The molecule has 7 heteroatoms. The van der Waals surface area contributed by atoms with Crippen molar-refractivity contribution < 1.29 is 19.1 Å². The molecule has 0 spiro atoms. The third kappa shape index (κ3) is 4.52. The van der Waals surface area contributed by atoms with Crippen LogP contribution in [0.3, 0.4) is 0 Å². The number of carbonyl (C=O) groups is 2. The zero-order chi connectivity index (χ0) is 20.1. The highest BCUT2D eigenvalue weighted by Crippen LogP contribution is 2.24. The lowest BCUT2D eigenvalue weighted by Crippen LogP contribution is -2.46. The molecule has 0 saturated heterocycles. The van der Waals surface area contributed by atoms with Gasteiger partial charge in [-0.3, -0.25) is 4.79 Å². The Morgan fingerprint density at radius 1 is 1.21 bits per heavy atom. The van der Waals surface area contributed by atoms with Crippen LogP contribution in [0, 0.1) is 5.92 Å². The second kappa shape index (κ2) is 8.91. The molecule has 0 unspecified atom stereocenters. The van der Waals surface area contributed by atoms with E-state index in [1.54, 1.807) is 17.8 Å². The van der Waals surface area contributed by atoms with Crippen molar-refractivity contribution in [1.29, 1.82) is 0 Å². The highest BCUT2D eigenvalue weighted by Gasteiger charge is 2.28. The van der Waals surface area contributed by atoms with Crippen molar-refractivity contribution in [3.8, 4) is 11.4 Å². The topological polar surface area (TPSA) is 82.5 Å². The molecule has 1 heterocycles. The number of hydrogen-bond acceptors (Lipinski definition) is 5. The van der Waals surface area contributed by atoms with Crippen molar-refractivity contribution in [2.45, 2.75) is 51.7 Å². The van der Waals surface area contributed by atoms with E-state index in [0.717, 1.165) is 24.9 Å². The minimum atomic E-state index is -0.909. The third-order valence-corrected chi connectivity index (χ3v) is 5.21. The van der Waals surface area contributed by atoms with Gasteiger partial charge in [-0.2, -0.15) is 5.10 Å². The van der Waals surface area contributed by atoms with E-state index in [-0.39, 0.29) is 17.6 Å². The molecule has 1 fully saturated rings. The maximum atomic E-state index is 12.6. The summed E-state index contributed by atoms with van der Waals surface area (Å²) in [5.74, 6) is -0.246. The van der Waals surface area contributed by atoms with Crippen LogP contribution in [0.25, 0.3) is 5.69 Å². The predicted octanol–water partition coefficient (Wildman–Crippen LogP) is 3.12. The van der Waals surface area contributed by atoms with Crippen molar-refractivity contribution >= 4 is 11.9 Å². The normalized spacial score (nSPS) is 20.2. The molecule has 0 radical (unpaired) electrons. The minimum absolute atomic E-state index is 0.0389. The average molecular weight is 385 g/mol. The number of benzene rings is 1. The highest BCUT2D eigenvalue weighted by molar-refractivity contribution is 5.93. The molecule has 0 aliphatic heterocycles. The van der Waals surface area contributed by atoms with Crippen LogP contribution in [0.5, 0.6) is 5.75 Å². The number of carbonyl (C=O) groups excluding carboxylic acids is 2. The van der Waals surface area contributed by atoms with E-state index in [4.69, 9.17) is 9.47 Å². The number of hydrogen-bond donors (Lipinski definition) is 1. The highest BCUT2D eigenvalue weighted by atomic mass is 16.6. The third-order valence-electron chi connectivity index (χ3n) is 5.21. The summed E-state index contributed by atoms with van der Waals surface area (Å²) in [6.07, 6.45) is 5.07. The summed E-state index contributed by atoms with van der Waals surface area (Å²) < 4.78 is 12.2. The molecule has 1 aliphatic carbocycles.